The number of amides is 3. The second kappa shape index (κ2) is 11.0. The molecule has 0 radical (unpaired) electrons. The number of anilines is 1. The molecule has 1 aliphatic heterocycles. The van der Waals surface area contributed by atoms with Crippen LogP contribution < -0.4 is 5.32 Å². The number of rotatable bonds is 7. The molecule has 1 aliphatic carbocycles. The maximum absolute atomic E-state index is 14.0. The van der Waals surface area contributed by atoms with E-state index in [-0.39, 0.29) is 29.6 Å². The molecule has 3 amide bonds. The summed E-state index contributed by atoms with van der Waals surface area (Å²) in [6.07, 6.45) is 2.63. The second-order valence-electron chi connectivity index (χ2n) is 11.5. The lowest BCUT2D eigenvalue weighted by atomic mass is 9.72. The Morgan fingerprint density at radius 1 is 1.02 bits per heavy atom. The number of nitrogens with zero attached hydrogens (tertiary/aromatic N) is 1. The highest BCUT2D eigenvalue weighted by molar-refractivity contribution is 7.17. The fourth-order valence-corrected chi connectivity index (χ4v) is 6.98. The van der Waals surface area contributed by atoms with Crippen LogP contribution in [0, 0.1) is 11.3 Å². The van der Waals surface area contributed by atoms with Crippen molar-refractivity contribution in [3.63, 3.8) is 0 Å². The van der Waals surface area contributed by atoms with Gasteiger partial charge in [0.25, 0.3) is 11.8 Å². The maximum atomic E-state index is 14.0. The zero-order valence-corrected chi connectivity index (χ0v) is 24.1. The minimum absolute atomic E-state index is 0.113. The number of fused-ring (bicyclic) bond motifs is 2. The van der Waals surface area contributed by atoms with Gasteiger partial charge >= 0.3 is 5.97 Å². The molecule has 40 heavy (non-hydrogen) atoms. The first-order valence-corrected chi connectivity index (χ1v) is 14.5. The van der Waals surface area contributed by atoms with Gasteiger partial charge in [-0.15, -0.1) is 11.3 Å². The van der Waals surface area contributed by atoms with Gasteiger partial charge in [-0.2, -0.15) is 0 Å². The number of esters is 1. The lowest BCUT2D eigenvalue weighted by molar-refractivity contribution is -0.119. The Morgan fingerprint density at radius 3 is 2.25 bits per heavy atom. The van der Waals surface area contributed by atoms with Crippen molar-refractivity contribution in [3.05, 3.63) is 87.3 Å². The Morgan fingerprint density at radius 2 is 1.65 bits per heavy atom. The summed E-state index contributed by atoms with van der Waals surface area (Å²) in [5.41, 5.74) is 2.81. The predicted octanol–water partition coefficient (Wildman–Crippen LogP) is 5.92. The highest BCUT2D eigenvalue weighted by atomic mass is 32.1. The third kappa shape index (κ3) is 5.20. The first-order chi connectivity index (χ1) is 19.1. The first kappa shape index (κ1) is 27.8. The number of imide groups is 1. The van der Waals surface area contributed by atoms with Crippen molar-refractivity contribution in [2.24, 2.45) is 11.3 Å². The van der Waals surface area contributed by atoms with Crippen LogP contribution in [-0.2, 0) is 28.8 Å². The van der Waals surface area contributed by atoms with Crippen LogP contribution >= 0.6 is 11.3 Å². The topological polar surface area (TPSA) is 92.8 Å². The van der Waals surface area contributed by atoms with Crippen LogP contribution in [-0.4, -0.2) is 41.2 Å². The summed E-state index contributed by atoms with van der Waals surface area (Å²) < 4.78 is 5.40. The molecule has 7 nitrogen and oxygen atoms in total. The fourth-order valence-electron chi connectivity index (χ4n) is 5.66. The minimum Gasteiger partial charge on any atom is -0.462 e. The summed E-state index contributed by atoms with van der Waals surface area (Å²) in [5.74, 6) is -1.54. The second-order valence-corrected chi connectivity index (χ2v) is 12.6. The van der Waals surface area contributed by atoms with E-state index in [9.17, 15) is 19.2 Å². The molecule has 0 bridgehead atoms. The molecule has 2 atom stereocenters. The minimum atomic E-state index is -1.11. The number of nitrogens with one attached hydrogen (secondary N) is 1. The molecule has 208 valence electrons. The van der Waals surface area contributed by atoms with Crippen LogP contribution in [0.3, 0.4) is 0 Å². The highest BCUT2D eigenvalue weighted by Gasteiger charge is 2.43. The van der Waals surface area contributed by atoms with Crippen LogP contribution in [0.5, 0.6) is 0 Å². The Labute approximate surface area is 238 Å². The summed E-state index contributed by atoms with van der Waals surface area (Å²) in [6.45, 7) is 8.64. The van der Waals surface area contributed by atoms with Crippen LogP contribution in [0.2, 0.25) is 0 Å². The van der Waals surface area contributed by atoms with E-state index in [0.29, 0.717) is 16.5 Å². The van der Waals surface area contributed by atoms with Crippen molar-refractivity contribution in [3.8, 4) is 0 Å². The molecule has 3 aromatic rings. The molecule has 0 saturated heterocycles. The van der Waals surface area contributed by atoms with Gasteiger partial charge in [0, 0.05) is 11.3 Å². The van der Waals surface area contributed by atoms with Gasteiger partial charge < -0.3 is 10.1 Å². The van der Waals surface area contributed by atoms with Gasteiger partial charge in [-0.05, 0) is 60.8 Å². The van der Waals surface area contributed by atoms with E-state index in [4.69, 9.17) is 4.74 Å². The van der Waals surface area contributed by atoms with E-state index in [0.717, 1.165) is 40.2 Å². The summed E-state index contributed by atoms with van der Waals surface area (Å²) in [6, 6.07) is 14.8. The molecule has 0 spiro atoms. The molecule has 2 aliphatic rings. The number of hydrogen-bond donors (Lipinski definition) is 1. The van der Waals surface area contributed by atoms with Gasteiger partial charge in [-0.1, -0.05) is 63.2 Å². The van der Waals surface area contributed by atoms with Gasteiger partial charge in [-0.3, -0.25) is 19.3 Å². The standard InChI is InChI=1S/C32H34N2O5S/c1-5-39-31(38)26-23-16-15-20(32(2,3)4)18-25(23)40-28(26)33-27(35)24(17-19-11-7-6-8-12-19)34-29(36)21-13-9-10-14-22(21)30(34)37/h6-14,20,24H,5,15-18H2,1-4H3,(H,33,35). The van der Waals surface area contributed by atoms with Crippen LogP contribution in [0.25, 0.3) is 0 Å². The quantitative estimate of drug-likeness (QED) is 0.287. The van der Waals surface area contributed by atoms with Gasteiger partial charge in [0.05, 0.1) is 23.3 Å². The molecule has 2 heterocycles. The predicted molar refractivity (Wildman–Crippen MR) is 155 cm³/mol. The molecule has 2 unspecified atom stereocenters. The summed E-state index contributed by atoms with van der Waals surface area (Å²) in [7, 11) is 0. The monoisotopic (exact) mass is 558 g/mol. The number of hydrogen-bond acceptors (Lipinski definition) is 6. The van der Waals surface area contributed by atoms with Gasteiger partial charge in [0.15, 0.2) is 0 Å². The van der Waals surface area contributed by atoms with E-state index in [2.05, 4.69) is 26.1 Å². The molecular weight excluding hydrogens is 524 g/mol. The molecule has 0 saturated carbocycles. The van der Waals surface area contributed by atoms with Crippen molar-refractivity contribution in [1.29, 1.82) is 0 Å². The van der Waals surface area contributed by atoms with E-state index in [1.807, 2.05) is 30.3 Å². The van der Waals surface area contributed by atoms with E-state index >= 15 is 0 Å². The zero-order chi connectivity index (χ0) is 28.6. The molecule has 0 fully saturated rings. The first-order valence-electron chi connectivity index (χ1n) is 13.7. The molecule has 1 N–H and O–H groups in total. The van der Waals surface area contributed by atoms with E-state index in [1.54, 1.807) is 31.2 Å². The normalized spacial score (nSPS) is 17.3. The molecular formula is C32H34N2O5S. The molecule has 5 rings (SSSR count). The van der Waals surface area contributed by atoms with Crippen molar-refractivity contribution < 1.29 is 23.9 Å². The van der Waals surface area contributed by atoms with Crippen LogP contribution in [0.15, 0.2) is 54.6 Å². The lowest BCUT2D eigenvalue weighted by Gasteiger charge is -2.33. The van der Waals surface area contributed by atoms with E-state index in [1.165, 1.54) is 11.3 Å². The highest BCUT2D eigenvalue weighted by Crippen LogP contribution is 2.44. The number of carbonyl (C=O) groups excluding carboxylic acids is 4. The largest absolute Gasteiger partial charge is 0.462 e. The van der Waals surface area contributed by atoms with Crippen molar-refractivity contribution in [1.82, 2.24) is 4.90 Å². The summed E-state index contributed by atoms with van der Waals surface area (Å²) in [4.78, 5) is 56.1. The van der Waals surface area contributed by atoms with Gasteiger partial charge in [-0.25, -0.2) is 4.79 Å². The van der Waals surface area contributed by atoms with Crippen molar-refractivity contribution in [2.75, 3.05) is 11.9 Å². The SMILES string of the molecule is CCOC(=O)c1c(NC(=O)C(Cc2ccccc2)N2C(=O)c3ccccc3C2=O)sc2c1CCC(C(C)(C)C)C2. The number of ether oxygens (including phenoxy) is 1. The Hall–Kier alpha value is -3.78. The Bertz CT molecular complexity index is 1440. The summed E-state index contributed by atoms with van der Waals surface area (Å²) >= 11 is 1.40. The zero-order valence-electron chi connectivity index (χ0n) is 23.3. The van der Waals surface area contributed by atoms with Gasteiger partial charge in [0.2, 0.25) is 5.91 Å². The van der Waals surface area contributed by atoms with Crippen LogP contribution in [0.4, 0.5) is 5.00 Å². The third-order valence-electron chi connectivity index (χ3n) is 7.92. The number of thiophene rings is 1. The van der Waals surface area contributed by atoms with Crippen molar-refractivity contribution >= 4 is 40.0 Å². The number of carbonyl (C=O) groups is 4. The fraction of sp³-hybridized carbons (Fsp3) is 0.375. The van der Waals surface area contributed by atoms with Gasteiger partial charge in [0.1, 0.15) is 11.0 Å². The Kier molecular flexibility index (Phi) is 7.64. The lowest BCUT2D eigenvalue weighted by Crippen LogP contribution is -2.48. The molecule has 8 heteroatoms. The number of benzene rings is 2. The third-order valence-corrected chi connectivity index (χ3v) is 9.09. The van der Waals surface area contributed by atoms with E-state index < -0.39 is 29.7 Å². The van der Waals surface area contributed by atoms with Crippen LogP contribution in [0.1, 0.15) is 81.2 Å². The summed E-state index contributed by atoms with van der Waals surface area (Å²) in [5, 5.41) is 3.37. The Balaban J connectivity index is 1.51. The molecule has 1 aromatic heterocycles. The average Bonchev–Trinajstić information content (AvgIpc) is 3.41. The van der Waals surface area contributed by atoms with Crippen molar-refractivity contribution in [2.45, 2.75) is 59.4 Å². The molecule has 2 aromatic carbocycles. The maximum Gasteiger partial charge on any atom is 0.341 e. The smallest absolute Gasteiger partial charge is 0.341 e. The average molecular weight is 559 g/mol.